The molecule has 0 amide bonds. The second-order valence-corrected chi connectivity index (χ2v) is 13.8. The fourth-order valence-corrected chi connectivity index (χ4v) is 7.78. The summed E-state index contributed by atoms with van der Waals surface area (Å²) in [6.07, 6.45) is 0. The van der Waals surface area contributed by atoms with Crippen LogP contribution >= 0.6 is 0 Å². The number of hydrogen-bond acceptors (Lipinski definition) is 1. The van der Waals surface area contributed by atoms with Crippen LogP contribution in [0.3, 0.4) is 0 Å². The van der Waals surface area contributed by atoms with Crippen LogP contribution in [0, 0.1) is 0 Å². The number of benzene rings is 8. The van der Waals surface area contributed by atoms with Crippen molar-refractivity contribution >= 4 is 27.8 Å². The monoisotopic (exact) mass is 639 g/mol. The van der Waals surface area contributed by atoms with Crippen molar-refractivity contribution in [2.24, 2.45) is 0 Å². The lowest BCUT2D eigenvalue weighted by Gasteiger charge is -2.28. The fraction of sp³-hybridized carbons (Fsp3) is 0.0612. The van der Waals surface area contributed by atoms with Crippen LogP contribution in [-0.2, 0) is 5.41 Å². The minimum Gasteiger partial charge on any atom is -0.310 e. The number of para-hydroxylation sites is 1. The van der Waals surface area contributed by atoms with Crippen molar-refractivity contribution < 1.29 is 0 Å². The molecule has 1 aliphatic rings. The van der Waals surface area contributed by atoms with Crippen LogP contribution < -0.4 is 4.90 Å². The second kappa shape index (κ2) is 12.1. The number of anilines is 3. The van der Waals surface area contributed by atoms with E-state index in [9.17, 15) is 0 Å². The predicted molar refractivity (Wildman–Crippen MR) is 213 cm³/mol. The summed E-state index contributed by atoms with van der Waals surface area (Å²) >= 11 is 0. The van der Waals surface area contributed by atoms with Gasteiger partial charge in [-0.2, -0.15) is 0 Å². The highest BCUT2D eigenvalue weighted by molar-refractivity contribution is 5.89. The van der Waals surface area contributed by atoms with Crippen molar-refractivity contribution in [3.63, 3.8) is 0 Å². The van der Waals surface area contributed by atoms with Crippen LogP contribution in [-0.4, -0.2) is 0 Å². The highest BCUT2D eigenvalue weighted by Crippen LogP contribution is 2.50. The number of hydrogen-bond donors (Lipinski definition) is 0. The van der Waals surface area contributed by atoms with E-state index in [4.69, 9.17) is 0 Å². The molecule has 0 N–H and O–H groups in total. The number of nitrogens with zero attached hydrogens (tertiary/aromatic N) is 1. The van der Waals surface area contributed by atoms with Crippen molar-refractivity contribution in [1.82, 2.24) is 0 Å². The lowest BCUT2D eigenvalue weighted by atomic mass is 9.82. The Morgan fingerprint density at radius 3 is 1.56 bits per heavy atom. The Hall–Kier alpha value is -6.18. The summed E-state index contributed by atoms with van der Waals surface area (Å²) in [5.41, 5.74) is 16.1. The van der Waals surface area contributed by atoms with E-state index >= 15 is 0 Å². The third kappa shape index (κ3) is 5.19. The third-order valence-corrected chi connectivity index (χ3v) is 10.4. The van der Waals surface area contributed by atoms with Crippen LogP contribution in [0.5, 0.6) is 0 Å². The molecule has 1 aliphatic carbocycles. The summed E-state index contributed by atoms with van der Waals surface area (Å²) < 4.78 is 0. The van der Waals surface area contributed by atoms with Gasteiger partial charge in [-0.3, -0.25) is 0 Å². The predicted octanol–water partition coefficient (Wildman–Crippen LogP) is 13.6. The molecule has 50 heavy (non-hydrogen) atoms. The molecule has 238 valence electrons. The molecule has 0 unspecified atom stereocenters. The highest BCUT2D eigenvalue weighted by atomic mass is 15.1. The first-order chi connectivity index (χ1) is 24.5. The van der Waals surface area contributed by atoms with Gasteiger partial charge in [0.2, 0.25) is 0 Å². The van der Waals surface area contributed by atoms with Crippen LogP contribution in [0.4, 0.5) is 17.1 Å². The molecule has 1 nitrogen and oxygen atoms in total. The van der Waals surface area contributed by atoms with Gasteiger partial charge in [-0.05, 0) is 121 Å². The smallest absolute Gasteiger partial charge is 0.0465 e. The average Bonchev–Trinajstić information content (AvgIpc) is 3.41. The van der Waals surface area contributed by atoms with Gasteiger partial charge in [0, 0.05) is 22.5 Å². The molecular weight excluding hydrogens is 603 g/mol. The summed E-state index contributed by atoms with van der Waals surface area (Å²) in [5, 5.41) is 2.53. The van der Waals surface area contributed by atoms with Crippen molar-refractivity contribution in [3.05, 3.63) is 199 Å². The summed E-state index contributed by atoms with van der Waals surface area (Å²) in [5.74, 6) is 0. The summed E-state index contributed by atoms with van der Waals surface area (Å²) in [6, 6.07) is 68.6. The maximum absolute atomic E-state index is 2.39. The zero-order valence-electron chi connectivity index (χ0n) is 28.3. The molecule has 0 fully saturated rings. The first-order valence-corrected chi connectivity index (χ1v) is 17.4. The van der Waals surface area contributed by atoms with Crippen molar-refractivity contribution in [3.8, 4) is 44.5 Å². The van der Waals surface area contributed by atoms with Gasteiger partial charge in [-0.15, -0.1) is 0 Å². The Bertz CT molecular complexity index is 2510. The van der Waals surface area contributed by atoms with E-state index in [1.165, 1.54) is 66.4 Å². The standard InChI is InChI=1S/C49H37N/c1-49(2)47-21-9-8-20-45(47)46-29-28-44(33-48(46)49)50(42-18-4-3-5-19-42)43-26-24-35(25-27-43)37-14-10-15-38(30-37)39-16-11-17-40(32-39)41-23-22-34-12-6-7-13-36(34)31-41/h3-33H,1-2H3. The largest absolute Gasteiger partial charge is 0.310 e. The van der Waals surface area contributed by atoms with Gasteiger partial charge < -0.3 is 4.90 Å². The second-order valence-electron chi connectivity index (χ2n) is 13.8. The Morgan fingerprint density at radius 1 is 0.320 bits per heavy atom. The molecule has 0 heterocycles. The van der Waals surface area contributed by atoms with Crippen LogP contribution in [0.2, 0.25) is 0 Å². The van der Waals surface area contributed by atoms with Crippen molar-refractivity contribution in [2.45, 2.75) is 19.3 Å². The SMILES string of the molecule is CC1(C)c2ccccc2-c2ccc(N(c3ccccc3)c3ccc(-c4cccc(-c5cccc(-c6ccc7ccccc7c6)c5)c4)cc3)cc21. The van der Waals surface area contributed by atoms with E-state index in [0.717, 1.165) is 17.1 Å². The molecule has 0 saturated heterocycles. The first-order valence-electron chi connectivity index (χ1n) is 17.4. The molecule has 0 atom stereocenters. The van der Waals surface area contributed by atoms with Crippen LogP contribution in [0.25, 0.3) is 55.3 Å². The third-order valence-electron chi connectivity index (χ3n) is 10.4. The average molecular weight is 640 g/mol. The zero-order chi connectivity index (χ0) is 33.7. The molecular formula is C49H37N. The summed E-state index contributed by atoms with van der Waals surface area (Å²) in [6.45, 7) is 4.69. The van der Waals surface area contributed by atoms with E-state index in [-0.39, 0.29) is 5.41 Å². The Balaban J connectivity index is 1.05. The molecule has 9 rings (SSSR count). The quantitative estimate of drug-likeness (QED) is 0.175. The Morgan fingerprint density at radius 2 is 0.840 bits per heavy atom. The van der Waals surface area contributed by atoms with E-state index in [2.05, 4.69) is 207 Å². The highest BCUT2D eigenvalue weighted by Gasteiger charge is 2.35. The van der Waals surface area contributed by atoms with Gasteiger partial charge in [0.1, 0.15) is 0 Å². The molecule has 0 aliphatic heterocycles. The molecule has 8 aromatic carbocycles. The van der Waals surface area contributed by atoms with Crippen LogP contribution in [0.15, 0.2) is 188 Å². The number of rotatable bonds is 6. The number of fused-ring (bicyclic) bond motifs is 4. The molecule has 0 saturated carbocycles. The molecule has 0 radical (unpaired) electrons. The van der Waals surface area contributed by atoms with Crippen molar-refractivity contribution in [2.75, 3.05) is 4.90 Å². The minimum absolute atomic E-state index is 0.0613. The molecule has 8 aromatic rings. The van der Waals surface area contributed by atoms with Gasteiger partial charge in [-0.25, -0.2) is 0 Å². The van der Waals surface area contributed by atoms with E-state index in [0.29, 0.717) is 0 Å². The lowest BCUT2D eigenvalue weighted by molar-refractivity contribution is 0.660. The zero-order valence-corrected chi connectivity index (χ0v) is 28.3. The maximum atomic E-state index is 2.39. The van der Waals surface area contributed by atoms with E-state index < -0.39 is 0 Å². The van der Waals surface area contributed by atoms with Crippen LogP contribution in [0.1, 0.15) is 25.0 Å². The minimum atomic E-state index is -0.0613. The normalized spacial score (nSPS) is 12.8. The molecule has 0 bridgehead atoms. The van der Waals surface area contributed by atoms with Gasteiger partial charge >= 0.3 is 0 Å². The van der Waals surface area contributed by atoms with Gasteiger partial charge in [-0.1, -0.05) is 147 Å². The molecule has 1 heteroatoms. The Labute approximate surface area is 294 Å². The Kier molecular flexibility index (Phi) is 7.21. The van der Waals surface area contributed by atoms with Crippen molar-refractivity contribution in [1.29, 1.82) is 0 Å². The lowest BCUT2D eigenvalue weighted by Crippen LogP contribution is -2.16. The summed E-state index contributed by atoms with van der Waals surface area (Å²) in [4.78, 5) is 2.37. The topological polar surface area (TPSA) is 3.24 Å². The molecule has 0 spiro atoms. The van der Waals surface area contributed by atoms with E-state index in [1.54, 1.807) is 0 Å². The van der Waals surface area contributed by atoms with E-state index in [1.807, 2.05) is 0 Å². The van der Waals surface area contributed by atoms with Gasteiger partial charge in [0.05, 0.1) is 0 Å². The summed E-state index contributed by atoms with van der Waals surface area (Å²) in [7, 11) is 0. The molecule has 0 aromatic heterocycles. The fourth-order valence-electron chi connectivity index (χ4n) is 7.78. The maximum Gasteiger partial charge on any atom is 0.0465 e. The first kappa shape index (κ1) is 29.9. The van der Waals surface area contributed by atoms with Gasteiger partial charge in [0.25, 0.3) is 0 Å². The van der Waals surface area contributed by atoms with Gasteiger partial charge in [0.15, 0.2) is 0 Å².